The topological polar surface area (TPSA) is 0 Å². The molecule has 5 heteroatoms. The van der Waals surface area contributed by atoms with Crippen molar-refractivity contribution in [2.45, 2.75) is 17.5 Å². The molecule has 0 saturated heterocycles. The van der Waals surface area contributed by atoms with E-state index in [2.05, 4.69) is 0 Å². The molecule has 0 fully saturated rings. The van der Waals surface area contributed by atoms with E-state index in [0.717, 1.165) is 4.90 Å². The molecule has 0 aliphatic rings. The van der Waals surface area contributed by atoms with Crippen molar-refractivity contribution in [1.29, 1.82) is 0 Å². The SMILES string of the molecule is CSc1ccc(CC(F)(F)F)cc1Cl. The number of thioether (sulfide) groups is 1. The summed E-state index contributed by atoms with van der Waals surface area (Å²) in [6.45, 7) is 0. The Balaban J connectivity index is 2.87. The lowest BCUT2D eigenvalue weighted by molar-refractivity contribution is -0.127. The van der Waals surface area contributed by atoms with Gasteiger partial charge in [-0.2, -0.15) is 13.2 Å². The average Bonchev–Trinajstić information content (AvgIpc) is 2.01. The maximum absolute atomic E-state index is 12.0. The van der Waals surface area contributed by atoms with Crippen LogP contribution in [0.1, 0.15) is 5.56 Å². The van der Waals surface area contributed by atoms with Crippen molar-refractivity contribution in [3.63, 3.8) is 0 Å². The second-order valence-electron chi connectivity index (χ2n) is 2.76. The highest BCUT2D eigenvalue weighted by Gasteiger charge is 2.27. The zero-order chi connectivity index (χ0) is 10.8. The molecular formula is C9H8ClF3S. The molecule has 14 heavy (non-hydrogen) atoms. The maximum Gasteiger partial charge on any atom is 0.393 e. The second-order valence-corrected chi connectivity index (χ2v) is 4.02. The van der Waals surface area contributed by atoms with Crippen LogP contribution in [0.3, 0.4) is 0 Å². The molecule has 0 radical (unpaired) electrons. The summed E-state index contributed by atoms with van der Waals surface area (Å²) in [7, 11) is 0. The van der Waals surface area contributed by atoms with E-state index < -0.39 is 12.6 Å². The molecule has 0 N–H and O–H groups in total. The maximum atomic E-state index is 12.0. The van der Waals surface area contributed by atoms with E-state index in [4.69, 9.17) is 11.6 Å². The predicted molar refractivity (Wildman–Crippen MR) is 53.0 cm³/mol. The molecule has 0 nitrogen and oxygen atoms in total. The first-order chi connectivity index (χ1) is 6.42. The zero-order valence-corrected chi connectivity index (χ0v) is 8.93. The quantitative estimate of drug-likeness (QED) is 0.700. The first-order valence-electron chi connectivity index (χ1n) is 3.81. The lowest BCUT2D eigenvalue weighted by atomic mass is 10.1. The summed E-state index contributed by atoms with van der Waals surface area (Å²) >= 11 is 7.18. The van der Waals surface area contributed by atoms with Crippen LogP contribution < -0.4 is 0 Å². The molecule has 0 bridgehead atoms. The van der Waals surface area contributed by atoms with Crippen molar-refractivity contribution in [3.05, 3.63) is 28.8 Å². The van der Waals surface area contributed by atoms with Crippen molar-refractivity contribution in [2.24, 2.45) is 0 Å². The summed E-state index contributed by atoms with van der Waals surface area (Å²) in [5.41, 5.74) is 0.195. The number of alkyl halides is 3. The number of rotatable bonds is 2. The molecule has 78 valence electrons. The van der Waals surface area contributed by atoms with Gasteiger partial charge in [0.1, 0.15) is 0 Å². The van der Waals surface area contributed by atoms with Gasteiger partial charge in [0.25, 0.3) is 0 Å². The molecule has 0 aromatic heterocycles. The summed E-state index contributed by atoms with van der Waals surface area (Å²) < 4.78 is 36.0. The molecule has 1 aromatic rings. The van der Waals surface area contributed by atoms with Gasteiger partial charge in [-0.3, -0.25) is 0 Å². The largest absolute Gasteiger partial charge is 0.393 e. The van der Waals surface area contributed by atoms with Crippen LogP contribution in [0.15, 0.2) is 23.1 Å². The van der Waals surface area contributed by atoms with Gasteiger partial charge in [-0.1, -0.05) is 17.7 Å². The van der Waals surface area contributed by atoms with Crippen molar-refractivity contribution >= 4 is 23.4 Å². The number of benzene rings is 1. The molecular weight excluding hydrogens is 233 g/mol. The Labute approximate surface area is 89.4 Å². The lowest BCUT2D eigenvalue weighted by Gasteiger charge is -2.07. The third-order valence-corrected chi connectivity index (χ3v) is 2.84. The minimum Gasteiger partial charge on any atom is -0.171 e. The van der Waals surface area contributed by atoms with E-state index in [9.17, 15) is 13.2 Å². The Hall–Kier alpha value is -0.350. The molecule has 0 atom stereocenters. The zero-order valence-electron chi connectivity index (χ0n) is 7.36. The van der Waals surface area contributed by atoms with Crippen LogP contribution in [0.5, 0.6) is 0 Å². The fraction of sp³-hybridized carbons (Fsp3) is 0.333. The van der Waals surface area contributed by atoms with Crippen LogP contribution in [0.25, 0.3) is 0 Å². The van der Waals surface area contributed by atoms with Gasteiger partial charge in [-0.15, -0.1) is 11.8 Å². The Kier molecular flexibility index (Phi) is 3.72. The van der Waals surface area contributed by atoms with E-state index in [0.29, 0.717) is 5.02 Å². The molecule has 0 saturated carbocycles. The van der Waals surface area contributed by atoms with Crippen molar-refractivity contribution < 1.29 is 13.2 Å². The van der Waals surface area contributed by atoms with E-state index in [1.807, 2.05) is 6.26 Å². The minimum absolute atomic E-state index is 0.195. The van der Waals surface area contributed by atoms with Crippen LogP contribution >= 0.6 is 23.4 Å². The van der Waals surface area contributed by atoms with Crippen LogP contribution in [0.2, 0.25) is 5.02 Å². The van der Waals surface area contributed by atoms with E-state index >= 15 is 0 Å². The van der Waals surface area contributed by atoms with Gasteiger partial charge in [0.15, 0.2) is 0 Å². The summed E-state index contributed by atoms with van der Waals surface area (Å²) in [4.78, 5) is 0.789. The van der Waals surface area contributed by atoms with Crippen LogP contribution in [0, 0.1) is 0 Å². The van der Waals surface area contributed by atoms with Gasteiger partial charge in [-0.05, 0) is 24.0 Å². The fourth-order valence-electron chi connectivity index (χ4n) is 1.05. The van der Waals surface area contributed by atoms with Crippen molar-refractivity contribution in [1.82, 2.24) is 0 Å². The Bertz CT molecular complexity index is 322. The van der Waals surface area contributed by atoms with E-state index in [-0.39, 0.29) is 5.56 Å². The second kappa shape index (κ2) is 4.45. The highest BCUT2D eigenvalue weighted by atomic mass is 35.5. The fourth-order valence-corrected chi connectivity index (χ4v) is 1.94. The van der Waals surface area contributed by atoms with Crippen molar-refractivity contribution in [2.75, 3.05) is 6.26 Å². The Morgan fingerprint density at radius 3 is 2.43 bits per heavy atom. The van der Waals surface area contributed by atoms with Crippen LogP contribution in [-0.4, -0.2) is 12.4 Å². The van der Waals surface area contributed by atoms with Crippen molar-refractivity contribution in [3.8, 4) is 0 Å². The van der Waals surface area contributed by atoms with Gasteiger partial charge < -0.3 is 0 Å². The molecule has 0 unspecified atom stereocenters. The Morgan fingerprint density at radius 1 is 1.36 bits per heavy atom. The van der Waals surface area contributed by atoms with Gasteiger partial charge in [0.05, 0.1) is 11.4 Å². The summed E-state index contributed by atoms with van der Waals surface area (Å²) in [6, 6.07) is 4.42. The third kappa shape index (κ3) is 3.42. The predicted octanol–water partition coefficient (Wildman–Crippen LogP) is 4.17. The minimum atomic E-state index is -4.18. The smallest absolute Gasteiger partial charge is 0.171 e. The number of hydrogen-bond donors (Lipinski definition) is 0. The summed E-state index contributed by atoms with van der Waals surface area (Å²) in [5, 5.41) is 0.374. The van der Waals surface area contributed by atoms with Crippen LogP contribution in [0.4, 0.5) is 13.2 Å². The highest BCUT2D eigenvalue weighted by molar-refractivity contribution is 7.98. The van der Waals surface area contributed by atoms with Crippen LogP contribution in [-0.2, 0) is 6.42 Å². The summed E-state index contributed by atoms with van der Waals surface area (Å²) in [5.74, 6) is 0. The average molecular weight is 241 g/mol. The van der Waals surface area contributed by atoms with E-state index in [1.165, 1.54) is 23.9 Å². The number of halogens is 4. The first-order valence-corrected chi connectivity index (χ1v) is 5.42. The monoisotopic (exact) mass is 240 g/mol. The molecule has 0 aliphatic carbocycles. The lowest BCUT2D eigenvalue weighted by Crippen LogP contribution is -2.11. The van der Waals surface area contributed by atoms with Gasteiger partial charge in [0, 0.05) is 4.90 Å². The molecule has 0 spiro atoms. The Morgan fingerprint density at radius 2 is 2.00 bits per heavy atom. The normalized spacial score (nSPS) is 11.8. The highest BCUT2D eigenvalue weighted by Crippen LogP contribution is 2.28. The molecule has 1 aromatic carbocycles. The third-order valence-electron chi connectivity index (χ3n) is 1.62. The van der Waals surface area contributed by atoms with Gasteiger partial charge >= 0.3 is 6.18 Å². The standard InChI is InChI=1S/C9H8ClF3S/c1-14-8-3-2-6(4-7(8)10)5-9(11,12)13/h2-4H,5H2,1H3. The van der Waals surface area contributed by atoms with E-state index in [1.54, 1.807) is 6.07 Å². The molecule has 0 heterocycles. The van der Waals surface area contributed by atoms with Gasteiger partial charge in [0.2, 0.25) is 0 Å². The number of hydrogen-bond acceptors (Lipinski definition) is 1. The summed E-state index contributed by atoms with van der Waals surface area (Å²) in [6.07, 6.45) is -3.28. The molecule has 0 aliphatic heterocycles. The molecule has 1 rings (SSSR count). The van der Waals surface area contributed by atoms with Gasteiger partial charge in [-0.25, -0.2) is 0 Å². The molecule has 0 amide bonds. The first kappa shape index (κ1) is 11.7.